The highest BCUT2D eigenvalue weighted by molar-refractivity contribution is 7.89. The summed E-state index contributed by atoms with van der Waals surface area (Å²) in [5.74, 6) is -0.857. The molecule has 1 atom stereocenters. The maximum absolute atomic E-state index is 13.5. The summed E-state index contributed by atoms with van der Waals surface area (Å²) < 4.78 is 39.9. The molecule has 0 saturated carbocycles. The summed E-state index contributed by atoms with van der Waals surface area (Å²) >= 11 is 0. The summed E-state index contributed by atoms with van der Waals surface area (Å²) in [5, 5.41) is 9.09. The number of hydrogen-bond donors (Lipinski definition) is 1. The molecular weight excluding hydrogens is 279 g/mol. The molecule has 2 aromatic carbocycles. The van der Waals surface area contributed by atoms with E-state index in [9.17, 15) is 12.8 Å². The zero-order chi connectivity index (χ0) is 14.6. The predicted octanol–water partition coefficient (Wildman–Crippen LogP) is 2.37. The van der Waals surface area contributed by atoms with Crippen LogP contribution >= 0.6 is 0 Å². The number of halogens is 1. The van der Waals surface area contributed by atoms with E-state index in [1.807, 2.05) is 6.07 Å². The first-order valence-corrected chi connectivity index (χ1v) is 7.24. The van der Waals surface area contributed by atoms with E-state index >= 15 is 0 Å². The Morgan fingerprint density at radius 2 is 1.65 bits per heavy atom. The Hall–Kier alpha value is -2.23. The van der Waals surface area contributed by atoms with E-state index in [-0.39, 0.29) is 0 Å². The number of nitrogens with one attached hydrogen (secondary N) is 1. The summed E-state index contributed by atoms with van der Waals surface area (Å²) in [6, 6.07) is 14.2. The normalized spacial score (nSPS) is 12.6. The lowest BCUT2D eigenvalue weighted by atomic mass is 10.1. The van der Waals surface area contributed by atoms with Gasteiger partial charge in [0, 0.05) is 0 Å². The minimum absolute atomic E-state index is 0.476. The van der Waals surface area contributed by atoms with Crippen LogP contribution in [0.2, 0.25) is 0 Å². The van der Waals surface area contributed by atoms with Gasteiger partial charge >= 0.3 is 0 Å². The van der Waals surface area contributed by atoms with Gasteiger partial charge in [-0.05, 0) is 17.7 Å². The van der Waals surface area contributed by atoms with Gasteiger partial charge in [0.2, 0.25) is 10.0 Å². The first-order chi connectivity index (χ1) is 9.54. The highest BCUT2D eigenvalue weighted by atomic mass is 32.2. The van der Waals surface area contributed by atoms with Crippen LogP contribution in [0.1, 0.15) is 11.6 Å². The fourth-order valence-corrected chi connectivity index (χ4v) is 2.90. The van der Waals surface area contributed by atoms with Gasteiger partial charge < -0.3 is 0 Å². The third-order valence-electron chi connectivity index (χ3n) is 2.66. The van der Waals surface area contributed by atoms with Crippen LogP contribution in [0.4, 0.5) is 4.39 Å². The first-order valence-electron chi connectivity index (χ1n) is 5.76. The fourth-order valence-electron chi connectivity index (χ4n) is 1.70. The molecule has 0 spiro atoms. The maximum atomic E-state index is 13.5. The summed E-state index contributed by atoms with van der Waals surface area (Å²) in [5.41, 5.74) is 0.495. The quantitative estimate of drug-likeness (QED) is 0.939. The molecule has 0 amide bonds. The maximum Gasteiger partial charge on any atom is 0.244 e. The third kappa shape index (κ3) is 3.02. The van der Waals surface area contributed by atoms with E-state index in [1.165, 1.54) is 12.1 Å². The molecule has 102 valence electrons. The Morgan fingerprint density at radius 1 is 1.05 bits per heavy atom. The van der Waals surface area contributed by atoms with E-state index < -0.39 is 26.8 Å². The van der Waals surface area contributed by atoms with E-state index in [4.69, 9.17) is 5.26 Å². The van der Waals surface area contributed by atoms with E-state index in [1.54, 1.807) is 30.3 Å². The molecule has 0 aliphatic heterocycles. The molecular formula is C14H11FN2O2S. The monoisotopic (exact) mass is 290 g/mol. The van der Waals surface area contributed by atoms with Crippen LogP contribution in [-0.2, 0) is 10.0 Å². The second-order valence-corrected chi connectivity index (χ2v) is 5.71. The van der Waals surface area contributed by atoms with Gasteiger partial charge in [-0.2, -0.15) is 9.98 Å². The van der Waals surface area contributed by atoms with Crippen molar-refractivity contribution < 1.29 is 12.8 Å². The molecule has 0 aliphatic rings. The SMILES string of the molecule is N#CC(NS(=O)(=O)c1ccccc1F)c1ccccc1. The van der Waals surface area contributed by atoms with Gasteiger partial charge in [-0.3, -0.25) is 0 Å². The second kappa shape index (κ2) is 5.82. The molecule has 0 fully saturated rings. The van der Waals surface area contributed by atoms with Crippen molar-refractivity contribution in [2.75, 3.05) is 0 Å². The van der Waals surface area contributed by atoms with Gasteiger partial charge in [0.15, 0.2) is 0 Å². The summed E-state index contributed by atoms with van der Waals surface area (Å²) in [4.78, 5) is -0.476. The lowest BCUT2D eigenvalue weighted by molar-refractivity contribution is 0.553. The number of benzene rings is 2. The van der Waals surface area contributed by atoms with Crippen molar-refractivity contribution in [3.63, 3.8) is 0 Å². The smallest absolute Gasteiger partial charge is 0.207 e. The van der Waals surface area contributed by atoms with Crippen molar-refractivity contribution in [2.45, 2.75) is 10.9 Å². The zero-order valence-corrected chi connectivity index (χ0v) is 11.1. The van der Waals surface area contributed by atoms with Crippen molar-refractivity contribution in [3.8, 4) is 6.07 Å². The van der Waals surface area contributed by atoms with Crippen LogP contribution in [0.15, 0.2) is 59.5 Å². The fraction of sp³-hybridized carbons (Fsp3) is 0.0714. The lowest BCUT2D eigenvalue weighted by Crippen LogP contribution is -2.28. The minimum atomic E-state index is -4.10. The van der Waals surface area contributed by atoms with Gasteiger partial charge in [0.05, 0.1) is 6.07 Å². The highest BCUT2D eigenvalue weighted by Crippen LogP contribution is 2.18. The molecule has 20 heavy (non-hydrogen) atoms. The molecule has 1 N–H and O–H groups in total. The number of sulfonamides is 1. The van der Waals surface area contributed by atoms with Crippen LogP contribution < -0.4 is 4.72 Å². The zero-order valence-electron chi connectivity index (χ0n) is 10.3. The molecule has 0 bridgehead atoms. The van der Waals surface area contributed by atoms with Crippen LogP contribution in [-0.4, -0.2) is 8.42 Å². The molecule has 0 aliphatic carbocycles. The molecule has 2 aromatic rings. The van der Waals surface area contributed by atoms with Crippen LogP contribution in [0, 0.1) is 17.1 Å². The van der Waals surface area contributed by atoms with Gasteiger partial charge in [-0.1, -0.05) is 42.5 Å². The van der Waals surface area contributed by atoms with E-state index in [0.717, 1.165) is 12.1 Å². The lowest BCUT2D eigenvalue weighted by Gasteiger charge is -2.12. The Labute approximate surface area is 116 Å². The Kier molecular flexibility index (Phi) is 4.13. The summed E-state index contributed by atoms with van der Waals surface area (Å²) in [6.07, 6.45) is 0. The summed E-state index contributed by atoms with van der Waals surface area (Å²) in [7, 11) is -4.10. The topological polar surface area (TPSA) is 70.0 Å². The van der Waals surface area contributed by atoms with Crippen molar-refractivity contribution >= 4 is 10.0 Å². The standard InChI is InChI=1S/C14H11FN2O2S/c15-12-8-4-5-9-14(12)20(18,19)17-13(10-16)11-6-2-1-3-7-11/h1-9,13,17H. The molecule has 1 unspecified atom stereocenters. The van der Waals surface area contributed by atoms with Crippen LogP contribution in [0.3, 0.4) is 0 Å². The highest BCUT2D eigenvalue weighted by Gasteiger charge is 2.23. The Balaban J connectivity index is 2.33. The molecule has 6 heteroatoms. The predicted molar refractivity (Wildman–Crippen MR) is 71.5 cm³/mol. The van der Waals surface area contributed by atoms with Gasteiger partial charge in [-0.25, -0.2) is 12.8 Å². The first kappa shape index (κ1) is 14.2. The van der Waals surface area contributed by atoms with Crippen molar-refractivity contribution in [1.29, 1.82) is 5.26 Å². The average Bonchev–Trinajstić information content (AvgIpc) is 2.46. The van der Waals surface area contributed by atoms with Crippen molar-refractivity contribution in [1.82, 2.24) is 4.72 Å². The van der Waals surface area contributed by atoms with Crippen LogP contribution in [0.5, 0.6) is 0 Å². The van der Waals surface area contributed by atoms with Gasteiger partial charge in [0.1, 0.15) is 16.8 Å². The summed E-state index contributed by atoms with van der Waals surface area (Å²) in [6.45, 7) is 0. The van der Waals surface area contributed by atoms with Crippen LogP contribution in [0.25, 0.3) is 0 Å². The Morgan fingerprint density at radius 3 is 2.25 bits per heavy atom. The number of nitrogens with zero attached hydrogens (tertiary/aromatic N) is 1. The average molecular weight is 290 g/mol. The number of rotatable bonds is 4. The van der Waals surface area contributed by atoms with E-state index in [0.29, 0.717) is 5.56 Å². The number of hydrogen-bond acceptors (Lipinski definition) is 3. The van der Waals surface area contributed by atoms with Gasteiger partial charge in [-0.15, -0.1) is 0 Å². The number of nitriles is 1. The van der Waals surface area contributed by atoms with Gasteiger partial charge in [0.25, 0.3) is 0 Å². The molecule has 0 saturated heterocycles. The van der Waals surface area contributed by atoms with Crippen molar-refractivity contribution in [3.05, 3.63) is 66.0 Å². The molecule has 0 heterocycles. The molecule has 4 nitrogen and oxygen atoms in total. The second-order valence-electron chi connectivity index (χ2n) is 4.02. The Bertz CT molecular complexity index is 739. The minimum Gasteiger partial charge on any atom is -0.207 e. The molecule has 2 rings (SSSR count). The third-order valence-corrected chi connectivity index (χ3v) is 4.12. The van der Waals surface area contributed by atoms with Crippen molar-refractivity contribution in [2.24, 2.45) is 0 Å². The molecule has 0 radical (unpaired) electrons. The largest absolute Gasteiger partial charge is 0.244 e. The molecule has 0 aromatic heterocycles. The van der Waals surface area contributed by atoms with E-state index in [2.05, 4.69) is 4.72 Å².